The summed E-state index contributed by atoms with van der Waals surface area (Å²) in [5, 5.41) is 4.54. The predicted octanol–water partition coefficient (Wildman–Crippen LogP) is 4.94. The van der Waals surface area contributed by atoms with Gasteiger partial charge in [0.15, 0.2) is 0 Å². The van der Waals surface area contributed by atoms with E-state index in [2.05, 4.69) is 10.3 Å². The van der Waals surface area contributed by atoms with Crippen LogP contribution in [0.25, 0.3) is 10.9 Å². The Kier molecular flexibility index (Phi) is 7.37. The molecule has 178 valence electrons. The molecule has 0 aliphatic carbocycles. The monoisotopic (exact) mass is 482 g/mol. The molecule has 1 aromatic heterocycles. The van der Waals surface area contributed by atoms with Crippen molar-refractivity contribution in [2.24, 2.45) is 0 Å². The van der Waals surface area contributed by atoms with E-state index in [0.717, 1.165) is 23.2 Å². The number of methoxy groups -OCH3 is 1. The molecule has 3 aromatic rings. The summed E-state index contributed by atoms with van der Waals surface area (Å²) in [6.07, 6.45) is 0.456. The first-order valence-corrected chi connectivity index (χ1v) is 11.6. The molecule has 4 rings (SSSR count). The van der Waals surface area contributed by atoms with Gasteiger partial charge in [-0.05, 0) is 42.8 Å². The molecular weight excluding hydrogens is 456 g/mol. The number of aromatic nitrogens is 1. The summed E-state index contributed by atoms with van der Waals surface area (Å²) in [7, 11) is 1.62. The number of piperazine rings is 1. The van der Waals surface area contributed by atoms with Crippen LogP contribution in [-0.4, -0.2) is 66.7 Å². The van der Waals surface area contributed by atoms with E-state index in [4.69, 9.17) is 21.1 Å². The van der Waals surface area contributed by atoms with E-state index >= 15 is 0 Å². The second-order valence-electron chi connectivity index (χ2n) is 7.97. The third kappa shape index (κ3) is 5.34. The highest BCUT2D eigenvalue weighted by Crippen LogP contribution is 2.28. The van der Waals surface area contributed by atoms with Crippen LogP contribution in [0.5, 0.6) is 5.75 Å². The largest absolute Gasteiger partial charge is 0.497 e. The van der Waals surface area contributed by atoms with Crippen molar-refractivity contribution in [1.82, 2.24) is 14.8 Å². The van der Waals surface area contributed by atoms with E-state index in [1.54, 1.807) is 35.1 Å². The van der Waals surface area contributed by atoms with Crippen LogP contribution in [0.1, 0.15) is 23.7 Å². The number of nitrogens with zero attached hydrogens (tertiary/aromatic N) is 3. The third-order valence-corrected chi connectivity index (χ3v) is 5.94. The van der Waals surface area contributed by atoms with Crippen molar-refractivity contribution in [2.45, 2.75) is 13.3 Å². The Bertz CT molecular complexity index is 1180. The Morgan fingerprint density at radius 1 is 1.03 bits per heavy atom. The fourth-order valence-corrected chi connectivity index (χ4v) is 4.02. The maximum Gasteiger partial charge on any atom is 0.409 e. The number of fused-ring (bicyclic) bond motifs is 1. The van der Waals surface area contributed by atoms with Crippen molar-refractivity contribution in [2.75, 3.05) is 45.2 Å². The van der Waals surface area contributed by atoms with Crippen molar-refractivity contribution in [3.63, 3.8) is 0 Å². The number of ether oxygens (including phenoxy) is 2. The zero-order valence-electron chi connectivity index (χ0n) is 19.2. The second-order valence-corrected chi connectivity index (χ2v) is 8.38. The molecule has 0 atom stereocenters. The van der Waals surface area contributed by atoms with Crippen LogP contribution in [0.2, 0.25) is 5.02 Å². The lowest BCUT2D eigenvalue weighted by Gasteiger charge is -2.34. The Morgan fingerprint density at radius 3 is 2.41 bits per heavy atom. The van der Waals surface area contributed by atoms with Gasteiger partial charge in [0, 0.05) is 48.9 Å². The molecule has 0 unspecified atom stereocenters. The van der Waals surface area contributed by atoms with Gasteiger partial charge in [-0.2, -0.15) is 0 Å². The Balaban J connectivity index is 1.47. The molecule has 0 spiro atoms. The predicted molar refractivity (Wildman–Crippen MR) is 132 cm³/mol. The molecule has 1 fully saturated rings. The van der Waals surface area contributed by atoms with Crippen molar-refractivity contribution >= 4 is 46.0 Å². The topological polar surface area (TPSA) is 84.0 Å². The lowest BCUT2D eigenvalue weighted by atomic mass is 10.1. The maximum atomic E-state index is 13.1. The number of halogens is 1. The molecule has 0 bridgehead atoms. The highest BCUT2D eigenvalue weighted by atomic mass is 35.5. The third-order valence-electron chi connectivity index (χ3n) is 5.62. The van der Waals surface area contributed by atoms with Crippen LogP contribution in [0.15, 0.2) is 48.5 Å². The highest BCUT2D eigenvalue weighted by molar-refractivity contribution is 6.35. The van der Waals surface area contributed by atoms with E-state index < -0.39 is 0 Å². The zero-order chi connectivity index (χ0) is 24.1. The van der Waals surface area contributed by atoms with Gasteiger partial charge < -0.3 is 24.6 Å². The number of anilines is 2. The molecule has 1 saturated heterocycles. The van der Waals surface area contributed by atoms with Crippen LogP contribution < -0.4 is 10.1 Å². The number of pyridine rings is 1. The zero-order valence-corrected chi connectivity index (χ0v) is 20.0. The van der Waals surface area contributed by atoms with Crippen molar-refractivity contribution in [3.8, 4) is 5.75 Å². The van der Waals surface area contributed by atoms with E-state index in [9.17, 15) is 9.59 Å². The van der Waals surface area contributed by atoms with Crippen LogP contribution in [0, 0.1) is 0 Å². The molecule has 2 amide bonds. The first-order valence-electron chi connectivity index (χ1n) is 11.2. The van der Waals surface area contributed by atoms with Crippen molar-refractivity contribution < 1.29 is 19.1 Å². The molecular formula is C25H27ClN4O4. The molecule has 0 radical (unpaired) electrons. The fraction of sp³-hybridized carbons (Fsp3) is 0.320. The molecule has 2 heterocycles. The minimum atomic E-state index is -0.324. The standard InChI is InChI=1S/C25H27ClN4O4/c1-3-14-34-25(32)30-12-10-29(11-13-30)24(31)17-4-9-20-21(26)16-23(28-22(20)15-17)27-18-5-7-19(33-2)8-6-18/h4-9,15-16H,3,10-14H2,1-2H3,(H,27,28). The molecule has 9 heteroatoms. The summed E-state index contributed by atoms with van der Waals surface area (Å²) in [6, 6.07) is 14.6. The van der Waals surface area contributed by atoms with Crippen LogP contribution in [0.4, 0.5) is 16.3 Å². The smallest absolute Gasteiger partial charge is 0.409 e. The first kappa shape index (κ1) is 23.6. The molecule has 1 aliphatic heterocycles. The maximum absolute atomic E-state index is 13.1. The van der Waals surface area contributed by atoms with E-state index in [1.165, 1.54) is 0 Å². The van der Waals surface area contributed by atoms with Crippen LogP contribution in [0.3, 0.4) is 0 Å². The van der Waals surface area contributed by atoms with Gasteiger partial charge in [0.2, 0.25) is 0 Å². The van der Waals surface area contributed by atoms with Crippen LogP contribution in [-0.2, 0) is 4.74 Å². The minimum Gasteiger partial charge on any atom is -0.497 e. The normalized spacial score (nSPS) is 13.6. The molecule has 1 aliphatic rings. The van der Waals surface area contributed by atoms with Gasteiger partial charge in [-0.1, -0.05) is 24.6 Å². The number of hydrogen-bond acceptors (Lipinski definition) is 6. The average Bonchev–Trinajstić information content (AvgIpc) is 2.87. The van der Waals surface area contributed by atoms with Crippen molar-refractivity contribution in [3.05, 3.63) is 59.1 Å². The van der Waals surface area contributed by atoms with Gasteiger partial charge in [-0.15, -0.1) is 0 Å². The van der Waals surface area contributed by atoms with Gasteiger partial charge >= 0.3 is 6.09 Å². The Morgan fingerprint density at radius 2 is 1.74 bits per heavy atom. The molecule has 2 aromatic carbocycles. The Labute approximate surface area is 203 Å². The number of rotatable bonds is 6. The summed E-state index contributed by atoms with van der Waals surface area (Å²) in [6.45, 7) is 4.15. The van der Waals surface area contributed by atoms with Gasteiger partial charge in [-0.3, -0.25) is 4.79 Å². The number of carbonyl (C=O) groups excluding carboxylic acids is 2. The molecule has 0 saturated carbocycles. The summed E-state index contributed by atoms with van der Waals surface area (Å²) in [4.78, 5) is 33.2. The minimum absolute atomic E-state index is 0.102. The first-order chi connectivity index (χ1) is 16.5. The number of benzene rings is 2. The van der Waals surface area contributed by atoms with Gasteiger partial charge in [0.05, 0.1) is 24.3 Å². The van der Waals surface area contributed by atoms with E-state index in [0.29, 0.717) is 54.7 Å². The number of nitrogens with one attached hydrogen (secondary N) is 1. The Hall–Kier alpha value is -3.52. The SMILES string of the molecule is CCCOC(=O)N1CCN(C(=O)c2ccc3c(Cl)cc(Nc4ccc(OC)cc4)nc3c2)CC1. The molecule has 1 N–H and O–H groups in total. The quantitative estimate of drug-likeness (QED) is 0.535. The van der Waals surface area contributed by atoms with Gasteiger partial charge in [0.1, 0.15) is 11.6 Å². The summed E-state index contributed by atoms with van der Waals surface area (Å²) < 4.78 is 10.4. The lowest BCUT2D eigenvalue weighted by Crippen LogP contribution is -2.50. The van der Waals surface area contributed by atoms with E-state index in [-0.39, 0.29) is 12.0 Å². The summed E-state index contributed by atoms with van der Waals surface area (Å²) in [5.41, 5.74) is 1.99. The van der Waals surface area contributed by atoms with Crippen LogP contribution >= 0.6 is 11.6 Å². The number of carbonyl (C=O) groups is 2. The highest BCUT2D eigenvalue weighted by Gasteiger charge is 2.26. The average molecular weight is 483 g/mol. The van der Waals surface area contributed by atoms with E-state index in [1.807, 2.05) is 37.3 Å². The number of hydrogen-bond donors (Lipinski definition) is 1. The summed E-state index contributed by atoms with van der Waals surface area (Å²) in [5.74, 6) is 1.23. The fourth-order valence-electron chi connectivity index (χ4n) is 3.76. The van der Waals surface area contributed by atoms with Crippen molar-refractivity contribution in [1.29, 1.82) is 0 Å². The van der Waals surface area contributed by atoms with Gasteiger partial charge in [-0.25, -0.2) is 9.78 Å². The van der Waals surface area contributed by atoms with Gasteiger partial charge in [0.25, 0.3) is 5.91 Å². The molecule has 8 nitrogen and oxygen atoms in total. The number of amides is 2. The summed E-state index contributed by atoms with van der Waals surface area (Å²) >= 11 is 6.49. The molecule has 34 heavy (non-hydrogen) atoms. The lowest BCUT2D eigenvalue weighted by molar-refractivity contribution is 0.0560. The second kappa shape index (κ2) is 10.6.